The average Bonchev–Trinajstić information content (AvgIpc) is 2.64. The van der Waals surface area contributed by atoms with Crippen molar-refractivity contribution in [1.29, 1.82) is 0 Å². The fourth-order valence-corrected chi connectivity index (χ4v) is 2.52. The average molecular weight is 374 g/mol. The van der Waals surface area contributed by atoms with Gasteiger partial charge < -0.3 is 21.9 Å². The van der Waals surface area contributed by atoms with Crippen molar-refractivity contribution in [2.75, 3.05) is 13.1 Å². The molecule has 0 radical (unpaired) electrons. The number of allylic oxidation sites excluding steroid dienone is 1. The number of unbranched alkanes of at least 4 members (excludes halogenated alkanes) is 1. The monoisotopic (exact) mass is 374 g/mol. The molecule has 146 valence electrons. The van der Waals surface area contributed by atoms with E-state index in [-0.39, 0.29) is 23.3 Å². The van der Waals surface area contributed by atoms with Gasteiger partial charge in [-0.1, -0.05) is 13.0 Å². The maximum absolute atomic E-state index is 11.9. The highest BCUT2D eigenvalue weighted by Crippen LogP contribution is 2.35. The summed E-state index contributed by atoms with van der Waals surface area (Å²) >= 11 is 0. The Morgan fingerprint density at radius 3 is 2.63 bits per heavy atom. The summed E-state index contributed by atoms with van der Waals surface area (Å²) in [5.74, 6) is -1.40. The number of carbonyl (C=O) groups excluding carboxylic acids is 2. The van der Waals surface area contributed by atoms with Crippen molar-refractivity contribution in [2.45, 2.75) is 32.1 Å². The van der Waals surface area contributed by atoms with Crippen LogP contribution in [-0.4, -0.2) is 30.0 Å². The van der Waals surface area contributed by atoms with E-state index in [9.17, 15) is 19.6 Å². The highest BCUT2D eigenvalue weighted by Gasteiger charge is 2.15. The zero-order valence-electron chi connectivity index (χ0n) is 15.4. The molecule has 6 N–H and O–H groups in total. The van der Waals surface area contributed by atoms with Gasteiger partial charge in [-0.2, -0.15) is 0 Å². The number of primary amides is 1. The number of nitrogens with zero attached hydrogens (tertiary/aromatic N) is 1. The number of benzene rings is 1. The summed E-state index contributed by atoms with van der Waals surface area (Å²) in [4.78, 5) is 33.9. The second-order valence-corrected chi connectivity index (χ2v) is 5.96. The molecule has 0 aliphatic rings. The Morgan fingerprint density at radius 1 is 1.30 bits per heavy atom. The lowest BCUT2D eigenvalue weighted by atomic mass is 9.90. The first-order chi connectivity index (χ1) is 12.9. The Kier molecular flexibility index (Phi) is 9.46. The van der Waals surface area contributed by atoms with Crippen LogP contribution < -0.4 is 16.8 Å². The fourth-order valence-electron chi connectivity index (χ4n) is 2.52. The molecule has 1 unspecified atom stereocenters. The number of amides is 2. The first-order valence-corrected chi connectivity index (χ1v) is 8.76. The molecule has 1 rings (SSSR count). The lowest BCUT2D eigenvalue weighted by Gasteiger charge is -2.15. The second kappa shape index (κ2) is 11.6. The van der Waals surface area contributed by atoms with Crippen LogP contribution in [0.15, 0.2) is 35.5 Å². The molecule has 2 amide bonds. The highest BCUT2D eigenvalue weighted by atomic mass is 16.3. The van der Waals surface area contributed by atoms with Crippen molar-refractivity contribution in [1.82, 2.24) is 5.32 Å². The Bertz CT molecular complexity index is 729. The number of phenols is 1. The van der Waals surface area contributed by atoms with Crippen LogP contribution in [-0.2, 0) is 9.59 Å². The number of nitrogens with two attached hydrogens (primary N) is 2. The molecule has 1 aromatic carbocycles. The lowest BCUT2D eigenvalue weighted by molar-refractivity contribution is -0.116. The molecule has 1 atom stereocenters. The first kappa shape index (κ1) is 22.0. The first-order valence-electron chi connectivity index (χ1n) is 8.76. The number of aromatic hydroxyl groups is 1. The van der Waals surface area contributed by atoms with E-state index in [1.807, 2.05) is 6.92 Å². The van der Waals surface area contributed by atoms with Crippen molar-refractivity contribution in [3.05, 3.63) is 46.4 Å². The number of carbonyl (C=O) groups is 2. The maximum Gasteiger partial charge on any atom is 0.243 e. The van der Waals surface area contributed by atoms with Gasteiger partial charge in [-0.3, -0.25) is 9.59 Å². The molecule has 8 nitrogen and oxygen atoms in total. The van der Waals surface area contributed by atoms with Crippen LogP contribution >= 0.6 is 0 Å². The van der Waals surface area contributed by atoms with Gasteiger partial charge in [0.2, 0.25) is 11.8 Å². The van der Waals surface area contributed by atoms with E-state index < -0.39 is 5.91 Å². The van der Waals surface area contributed by atoms with Crippen LogP contribution in [0.1, 0.15) is 43.2 Å². The van der Waals surface area contributed by atoms with Gasteiger partial charge >= 0.3 is 0 Å². The van der Waals surface area contributed by atoms with Gasteiger partial charge in [0, 0.05) is 18.5 Å². The number of nitrogens with one attached hydrogen (secondary N) is 1. The summed E-state index contributed by atoms with van der Waals surface area (Å²) in [5, 5.41) is 15.5. The van der Waals surface area contributed by atoms with Crippen LogP contribution in [0, 0.1) is 4.91 Å². The molecular weight excluding hydrogens is 348 g/mol. The van der Waals surface area contributed by atoms with E-state index in [0.29, 0.717) is 30.6 Å². The minimum atomic E-state index is -0.588. The molecule has 27 heavy (non-hydrogen) atoms. The molecule has 0 saturated carbocycles. The Morgan fingerprint density at radius 2 is 2.04 bits per heavy atom. The Balaban J connectivity index is 3.11. The quantitative estimate of drug-likeness (QED) is 0.266. The van der Waals surface area contributed by atoms with E-state index in [2.05, 4.69) is 10.5 Å². The van der Waals surface area contributed by atoms with Gasteiger partial charge in [0.15, 0.2) is 0 Å². The predicted octanol–water partition coefficient (Wildman–Crippen LogP) is 2.19. The summed E-state index contributed by atoms with van der Waals surface area (Å²) in [6, 6.07) is 2.81. The summed E-state index contributed by atoms with van der Waals surface area (Å²) in [6.07, 6.45) is 7.98. The third-order valence-corrected chi connectivity index (χ3v) is 3.96. The zero-order valence-corrected chi connectivity index (χ0v) is 15.4. The third kappa shape index (κ3) is 7.41. The van der Waals surface area contributed by atoms with Crippen LogP contribution in [0.2, 0.25) is 0 Å². The molecule has 0 aromatic heterocycles. The molecule has 0 heterocycles. The van der Waals surface area contributed by atoms with Crippen molar-refractivity contribution in [3.63, 3.8) is 0 Å². The molecule has 1 aromatic rings. The Hall–Kier alpha value is -3.00. The maximum atomic E-state index is 11.9. The minimum absolute atomic E-state index is 0.112. The minimum Gasteiger partial charge on any atom is -0.506 e. The van der Waals surface area contributed by atoms with Crippen molar-refractivity contribution < 1.29 is 14.7 Å². The van der Waals surface area contributed by atoms with Crippen LogP contribution in [0.25, 0.3) is 6.08 Å². The number of nitroso groups, excluding NO2 is 1. The molecular formula is C19H26N4O4. The molecule has 0 saturated heterocycles. The van der Waals surface area contributed by atoms with Gasteiger partial charge in [-0.25, -0.2) is 0 Å². The topological polar surface area (TPSA) is 148 Å². The van der Waals surface area contributed by atoms with Crippen LogP contribution in [0.3, 0.4) is 0 Å². The third-order valence-electron chi connectivity index (χ3n) is 3.96. The number of phenolic OH excluding ortho intramolecular Hbond substituents is 1. The normalized spacial score (nSPS) is 12.4. The second-order valence-electron chi connectivity index (χ2n) is 5.96. The van der Waals surface area contributed by atoms with Gasteiger partial charge in [-0.05, 0) is 66.4 Å². The van der Waals surface area contributed by atoms with Gasteiger partial charge in [0.1, 0.15) is 11.4 Å². The van der Waals surface area contributed by atoms with E-state index >= 15 is 0 Å². The number of hydrogen-bond acceptors (Lipinski definition) is 6. The Labute approximate surface area is 158 Å². The molecule has 0 aliphatic carbocycles. The van der Waals surface area contributed by atoms with Gasteiger partial charge in [0.25, 0.3) is 0 Å². The fraction of sp³-hybridized carbons (Fsp3) is 0.368. The van der Waals surface area contributed by atoms with E-state index in [1.54, 1.807) is 12.2 Å². The standard InChI is InChI=1S/C19H26N4O4/c1-2-13(5-7-18(21)25)15-12-16(23-27)17(24)11-14(15)6-8-19(26)22-10-4-3-9-20/h5-8,11-13,24H,2-4,9-10,20H2,1H3,(H2,21,25)(H,22,26)/b7-5+,8-6+. The highest BCUT2D eigenvalue weighted by molar-refractivity contribution is 5.92. The molecule has 0 spiro atoms. The summed E-state index contributed by atoms with van der Waals surface area (Å²) in [6.45, 7) is 2.99. The molecule has 0 fully saturated rings. The molecule has 0 bridgehead atoms. The summed E-state index contributed by atoms with van der Waals surface area (Å²) in [5.41, 5.74) is 11.6. The number of rotatable bonds is 11. The summed E-state index contributed by atoms with van der Waals surface area (Å²) in [7, 11) is 0. The zero-order chi connectivity index (χ0) is 20.2. The molecule has 8 heteroatoms. The van der Waals surface area contributed by atoms with Crippen molar-refractivity contribution in [2.24, 2.45) is 16.6 Å². The smallest absolute Gasteiger partial charge is 0.243 e. The van der Waals surface area contributed by atoms with Crippen LogP contribution in [0.5, 0.6) is 5.75 Å². The van der Waals surface area contributed by atoms with Crippen LogP contribution in [0.4, 0.5) is 5.69 Å². The summed E-state index contributed by atoms with van der Waals surface area (Å²) < 4.78 is 0. The SMILES string of the molecule is CCC(/C=C/C(N)=O)c1cc(N=O)c(O)cc1/C=C/C(=O)NCCCCN. The van der Waals surface area contributed by atoms with Crippen molar-refractivity contribution >= 4 is 23.6 Å². The number of hydrogen-bond donors (Lipinski definition) is 4. The van der Waals surface area contributed by atoms with Crippen molar-refractivity contribution in [3.8, 4) is 5.75 Å². The predicted molar refractivity (Wildman–Crippen MR) is 105 cm³/mol. The van der Waals surface area contributed by atoms with Gasteiger partial charge in [0.05, 0.1) is 0 Å². The van der Waals surface area contributed by atoms with Gasteiger partial charge in [-0.15, -0.1) is 4.91 Å². The van der Waals surface area contributed by atoms with E-state index in [4.69, 9.17) is 11.5 Å². The van der Waals surface area contributed by atoms with E-state index in [1.165, 1.54) is 24.3 Å². The molecule has 0 aliphatic heterocycles. The largest absolute Gasteiger partial charge is 0.506 e. The lowest BCUT2D eigenvalue weighted by Crippen LogP contribution is -2.22. The van der Waals surface area contributed by atoms with E-state index in [0.717, 1.165) is 12.8 Å².